The number of amides is 2. The first-order valence-electron chi connectivity index (χ1n) is 6.67. The first kappa shape index (κ1) is 25.8. The fourth-order valence-electron chi connectivity index (χ4n) is 1.34. The fourth-order valence-corrected chi connectivity index (χ4v) is 2.18. The number of anilines is 1. The van der Waals surface area contributed by atoms with E-state index in [1.54, 1.807) is 0 Å². The number of nitrogens with zero attached hydrogens (tertiary/aromatic N) is 2. The molecule has 26 heavy (non-hydrogen) atoms. The number of nitro benzene ring substituents is 1. The predicted molar refractivity (Wildman–Crippen MR) is 92.1 cm³/mol. The second-order valence-electron chi connectivity index (χ2n) is 4.18. The number of benzene rings is 1. The van der Waals surface area contributed by atoms with Crippen LogP contribution in [-0.2, 0) is 29.7 Å². The molecule has 0 unspecified atom stereocenters. The molecule has 0 atom stereocenters. The molecule has 0 saturated carbocycles. The Morgan fingerprint density at radius 1 is 1.23 bits per heavy atom. The topological polar surface area (TPSA) is 169 Å². The van der Waals surface area contributed by atoms with Crippen molar-refractivity contribution in [2.75, 3.05) is 5.32 Å². The van der Waals surface area contributed by atoms with Gasteiger partial charge in [0, 0.05) is 17.8 Å². The van der Waals surface area contributed by atoms with E-state index in [-0.39, 0.29) is 18.1 Å². The summed E-state index contributed by atoms with van der Waals surface area (Å²) in [7, 11) is 0. The Bertz CT molecular complexity index is 684. The van der Waals surface area contributed by atoms with Crippen LogP contribution in [0.4, 0.5) is 21.0 Å². The van der Waals surface area contributed by atoms with Gasteiger partial charge in [-0.05, 0) is 12.1 Å². The van der Waals surface area contributed by atoms with Crippen molar-refractivity contribution < 1.29 is 50.5 Å². The van der Waals surface area contributed by atoms with Crippen molar-refractivity contribution in [3.8, 4) is 0 Å². The molecule has 0 radical (unpaired) electrons. The Morgan fingerprint density at radius 3 is 2.08 bits per heavy atom. The maximum atomic E-state index is 10.2. The Hall–Kier alpha value is -2.48. The number of carbonyl (C=O) groups is 2. The molecule has 137 valence electrons. The van der Waals surface area contributed by atoms with Gasteiger partial charge in [-0.15, -0.1) is 12.4 Å². The summed E-state index contributed by atoms with van der Waals surface area (Å²) in [5.41, 5.74) is 5.63. The molecule has 12 heteroatoms. The third-order valence-electron chi connectivity index (χ3n) is 2.34. The number of aromatic nitrogens is 1. The van der Waals surface area contributed by atoms with Crippen molar-refractivity contribution in [3.05, 3.63) is 64.5 Å². The van der Waals surface area contributed by atoms with Crippen LogP contribution in [0.5, 0.6) is 0 Å². The molecule has 0 saturated heterocycles. The first-order chi connectivity index (χ1) is 11.8. The minimum absolute atomic E-state index is 0. The van der Waals surface area contributed by atoms with Gasteiger partial charge < -0.3 is 15.9 Å². The number of hydrogen-bond donors (Lipinski definition) is 4. The standard InChI is InChI=1S/C7H6N2O4.C6H6N.CH3NO2.Cd.ClH/c10-7(11)8-5-1-3-6(4-2-5)9(12)13;1-6-3-2-4-7-5-6;2-1(3)4;;/h1-4,8H,(H,10,11);2-5H,1H2;2H2,(H,3,4);;1H. The summed E-state index contributed by atoms with van der Waals surface area (Å²) >= 11 is 1.04. The average molecular weight is 484 g/mol. The van der Waals surface area contributed by atoms with Crippen LogP contribution >= 0.6 is 12.4 Å². The number of primary amides is 1. The summed E-state index contributed by atoms with van der Waals surface area (Å²) in [5, 5.41) is 27.8. The van der Waals surface area contributed by atoms with Crippen LogP contribution in [0, 0.1) is 10.1 Å². The van der Waals surface area contributed by atoms with Gasteiger partial charge >= 0.3 is 77.0 Å². The summed E-state index contributed by atoms with van der Waals surface area (Å²) in [6.45, 7) is 0. The number of rotatable bonds is 3. The Kier molecular flexibility index (Phi) is 14.7. The monoisotopic (exact) mass is 485 g/mol. The number of nitrogens with one attached hydrogen (secondary N) is 1. The molecule has 0 fully saturated rings. The van der Waals surface area contributed by atoms with Crippen LogP contribution in [-0.4, -0.2) is 32.3 Å². The molecule has 1 aromatic carbocycles. The minimum atomic E-state index is -1.33. The number of pyridine rings is 1. The molecule has 10 nitrogen and oxygen atoms in total. The van der Waals surface area contributed by atoms with Gasteiger partial charge in [0.1, 0.15) is 0 Å². The summed E-state index contributed by atoms with van der Waals surface area (Å²) in [6, 6.07) is 9.21. The number of hydrogen-bond acceptors (Lipinski definition) is 5. The van der Waals surface area contributed by atoms with Gasteiger partial charge in [-0.1, -0.05) is 0 Å². The van der Waals surface area contributed by atoms with Crippen molar-refractivity contribution in [1.29, 1.82) is 0 Å². The molecule has 1 heterocycles. The molecule has 2 rings (SSSR count). The van der Waals surface area contributed by atoms with E-state index in [2.05, 4.69) is 22.1 Å². The van der Waals surface area contributed by atoms with Crippen LogP contribution in [0.1, 0.15) is 5.56 Å². The zero-order valence-corrected chi connectivity index (χ0v) is 18.3. The van der Waals surface area contributed by atoms with E-state index in [0.717, 1.165) is 25.8 Å². The van der Waals surface area contributed by atoms with Crippen molar-refractivity contribution in [2.45, 2.75) is 3.98 Å². The molecule has 0 aliphatic heterocycles. The van der Waals surface area contributed by atoms with E-state index in [0.29, 0.717) is 5.69 Å². The van der Waals surface area contributed by atoms with Gasteiger partial charge in [0.2, 0.25) is 0 Å². The van der Waals surface area contributed by atoms with Crippen LogP contribution < -0.4 is 11.1 Å². The zero-order valence-electron chi connectivity index (χ0n) is 13.4. The van der Waals surface area contributed by atoms with E-state index < -0.39 is 17.1 Å². The summed E-state index contributed by atoms with van der Waals surface area (Å²) in [5.74, 6) is 0. The molecular weight excluding hydrogens is 468 g/mol. The van der Waals surface area contributed by atoms with E-state index in [9.17, 15) is 14.9 Å². The van der Waals surface area contributed by atoms with Gasteiger partial charge in [-0.2, -0.15) is 0 Å². The van der Waals surface area contributed by atoms with Crippen LogP contribution in [0.25, 0.3) is 0 Å². The third-order valence-corrected chi connectivity index (χ3v) is 3.99. The van der Waals surface area contributed by atoms with Crippen LogP contribution in [0.2, 0.25) is 0 Å². The van der Waals surface area contributed by atoms with Gasteiger partial charge in [-0.3, -0.25) is 15.4 Å². The SMILES string of the molecule is Cl.NC(=O)O.O=C(O)Nc1ccc([N+](=O)[O-])cc1.[Cd][CH2]c1cccnc1. The molecule has 0 spiro atoms. The van der Waals surface area contributed by atoms with E-state index in [1.807, 2.05) is 18.5 Å². The van der Waals surface area contributed by atoms with Gasteiger partial charge in [0.25, 0.3) is 5.69 Å². The molecule has 0 aliphatic carbocycles. The zero-order chi connectivity index (χ0) is 19.2. The van der Waals surface area contributed by atoms with Crippen LogP contribution in [0.3, 0.4) is 0 Å². The first-order valence-corrected chi connectivity index (χ1v) is 9.52. The Morgan fingerprint density at radius 2 is 1.77 bits per heavy atom. The molecule has 1 aromatic heterocycles. The molecule has 2 amide bonds. The van der Waals surface area contributed by atoms with Gasteiger partial charge in [0.15, 0.2) is 0 Å². The van der Waals surface area contributed by atoms with Crippen molar-refractivity contribution in [1.82, 2.24) is 4.98 Å². The Labute approximate surface area is 170 Å². The molecule has 0 bridgehead atoms. The summed E-state index contributed by atoms with van der Waals surface area (Å²) < 4.78 is 1.25. The summed E-state index contributed by atoms with van der Waals surface area (Å²) in [6.07, 6.45) is 1.21. The van der Waals surface area contributed by atoms with E-state index >= 15 is 0 Å². The predicted octanol–water partition coefficient (Wildman–Crippen LogP) is 2.86. The normalized spacial score (nSPS) is 8.38. The van der Waals surface area contributed by atoms with E-state index in [4.69, 9.17) is 15.0 Å². The van der Waals surface area contributed by atoms with Gasteiger partial charge in [-0.25, -0.2) is 9.59 Å². The number of halogens is 1. The fraction of sp³-hybridized carbons (Fsp3) is 0.0714. The molecule has 5 N–H and O–H groups in total. The number of non-ortho nitro benzene ring substituents is 1. The maximum absolute atomic E-state index is 10.2. The quantitative estimate of drug-likeness (QED) is 0.295. The number of nitrogens with two attached hydrogens (primary N) is 1. The Balaban J connectivity index is 0. The van der Waals surface area contributed by atoms with Crippen molar-refractivity contribution in [2.24, 2.45) is 5.73 Å². The van der Waals surface area contributed by atoms with Gasteiger partial charge in [0.05, 0.1) is 4.92 Å². The number of carboxylic acid groups (broad SMARTS) is 2. The number of nitro groups is 1. The van der Waals surface area contributed by atoms with E-state index in [1.165, 1.54) is 33.8 Å². The average Bonchev–Trinajstić information content (AvgIpc) is 2.55. The second kappa shape index (κ2) is 14.8. The van der Waals surface area contributed by atoms with Crippen molar-refractivity contribution >= 4 is 36.0 Å². The molecular formula is C14H16CdClN4O6. The molecule has 2 aromatic rings. The molecule has 0 aliphatic rings. The third kappa shape index (κ3) is 13.9. The van der Waals surface area contributed by atoms with Crippen molar-refractivity contribution in [3.63, 3.8) is 0 Å². The second-order valence-corrected chi connectivity index (χ2v) is 5.61. The van der Waals surface area contributed by atoms with Crippen LogP contribution in [0.15, 0.2) is 48.8 Å². The summed E-state index contributed by atoms with van der Waals surface area (Å²) in [4.78, 5) is 32.6.